The number of carbonyl (C=O) groups excluding carboxylic acids is 1. The van der Waals surface area contributed by atoms with Gasteiger partial charge in [-0.05, 0) is 31.2 Å². The summed E-state index contributed by atoms with van der Waals surface area (Å²) in [5.41, 5.74) is 1.74. The summed E-state index contributed by atoms with van der Waals surface area (Å²) >= 11 is 0. The van der Waals surface area contributed by atoms with Gasteiger partial charge in [0.15, 0.2) is 11.5 Å². The summed E-state index contributed by atoms with van der Waals surface area (Å²) in [5, 5.41) is 6.23. The SMILES string of the molecule is CCc1nc2cc(NC(=O)C3(COC)CCNC3)ccc2o1. The Morgan fingerprint density at radius 1 is 1.55 bits per heavy atom. The van der Waals surface area contributed by atoms with Gasteiger partial charge in [0.1, 0.15) is 5.52 Å². The Morgan fingerprint density at radius 2 is 2.41 bits per heavy atom. The van der Waals surface area contributed by atoms with E-state index in [2.05, 4.69) is 15.6 Å². The van der Waals surface area contributed by atoms with E-state index >= 15 is 0 Å². The van der Waals surface area contributed by atoms with Crippen molar-refractivity contribution < 1.29 is 13.9 Å². The maximum atomic E-state index is 12.6. The van der Waals surface area contributed by atoms with Gasteiger partial charge in [-0.1, -0.05) is 6.92 Å². The van der Waals surface area contributed by atoms with Crippen molar-refractivity contribution in [3.63, 3.8) is 0 Å². The van der Waals surface area contributed by atoms with Gasteiger partial charge in [-0.2, -0.15) is 0 Å². The minimum absolute atomic E-state index is 0.0158. The number of ether oxygens (including phenoxy) is 1. The Kier molecular flexibility index (Phi) is 4.13. The van der Waals surface area contributed by atoms with E-state index in [1.165, 1.54) is 0 Å². The zero-order chi connectivity index (χ0) is 15.6. The van der Waals surface area contributed by atoms with Gasteiger partial charge >= 0.3 is 0 Å². The summed E-state index contributed by atoms with van der Waals surface area (Å²) in [6, 6.07) is 5.53. The van der Waals surface area contributed by atoms with Crippen LogP contribution in [-0.4, -0.2) is 37.7 Å². The molecule has 0 bridgehead atoms. The average Bonchev–Trinajstić information content (AvgIpc) is 3.14. The number of aryl methyl sites for hydroxylation is 1. The fourth-order valence-electron chi connectivity index (χ4n) is 2.87. The maximum Gasteiger partial charge on any atom is 0.234 e. The number of oxazole rings is 1. The minimum Gasteiger partial charge on any atom is -0.441 e. The van der Waals surface area contributed by atoms with Crippen molar-refractivity contribution >= 4 is 22.7 Å². The Balaban J connectivity index is 1.80. The van der Waals surface area contributed by atoms with E-state index in [-0.39, 0.29) is 5.91 Å². The van der Waals surface area contributed by atoms with Gasteiger partial charge in [-0.15, -0.1) is 0 Å². The predicted molar refractivity (Wildman–Crippen MR) is 83.8 cm³/mol. The highest BCUT2D eigenvalue weighted by molar-refractivity contribution is 5.97. The molecule has 1 aromatic heterocycles. The molecule has 22 heavy (non-hydrogen) atoms. The number of benzene rings is 1. The molecule has 3 rings (SSSR count). The maximum absolute atomic E-state index is 12.6. The summed E-state index contributed by atoms with van der Waals surface area (Å²) in [6.07, 6.45) is 1.53. The Hall–Kier alpha value is -1.92. The molecule has 0 saturated carbocycles. The number of methoxy groups -OCH3 is 1. The first-order valence-electron chi connectivity index (χ1n) is 7.57. The third-order valence-corrected chi connectivity index (χ3v) is 4.14. The van der Waals surface area contributed by atoms with Crippen LogP contribution < -0.4 is 10.6 Å². The summed E-state index contributed by atoms with van der Waals surface area (Å²) in [7, 11) is 1.63. The Labute approximate surface area is 129 Å². The Morgan fingerprint density at radius 3 is 3.09 bits per heavy atom. The van der Waals surface area contributed by atoms with Crippen LogP contribution >= 0.6 is 0 Å². The first-order valence-corrected chi connectivity index (χ1v) is 7.57. The van der Waals surface area contributed by atoms with Crippen LogP contribution in [0.2, 0.25) is 0 Å². The van der Waals surface area contributed by atoms with Crippen LogP contribution in [0.15, 0.2) is 22.6 Å². The average molecular weight is 303 g/mol. The Bertz CT molecular complexity index is 674. The van der Waals surface area contributed by atoms with Crippen LogP contribution in [0.4, 0.5) is 5.69 Å². The molecule has 2 heterocycles. The number of aromatic nitrogens is 1. The number of fused-ring (bicyclic) bond motifs is 1. The third-order valence-electron chi connectivity index (χ3n) is 4.14. The molecular weight excluding hydrogens is 282 g/mol. The van der Waals surface area contributed by atoms with E-state index in [4.69, 9.17) is 9.15 Å². The van der Waals surface area contributed by atoms with Crippen LogP contribution in [0.3, 0.4) is 0 Å². The summed E-state index contributed by atoms with van der Waals surface area (Å²) in [4.78, 5) is 17.0. The van der Waals surface area contributed by atoms with E-state index in [1.54, 1.807) is 7.11 Å². The molecule has 1 aliphatic heterocycles. The quantitative estimate of drug-likeness (QED) is 0.883. The standard InChI is InChI=1S/C16H21N3O3/c1-3-14-19-12-8-11(4-5-13(12)22-14)18-15(20)16(10-21-2)6-7-17-9-16/h4-5,8,17H,3,6-7,9-10H2,1-2H3,(H,18,20). The van der Waals surface area contributed by atoms with E-state index in [0.717, 1.165) is 36.2 Å². The molecule has 0 spiro atoms. The normalized spacial score (nSPS) is 21.4. The monoisotopic (exact) mass is 303 g/mol. The van der Waals surface area contributed by atoms with Crippen molar-refractivity contribution in [2.75, 3.05) is 32.1 Å². The number of anilines is 1. The van der Waals surface area contributed by atoms with Gasteiger partial charge in [-0.25, -0.2) is 4.98 Å². The minimum atomic E-state index is -0.498. The largest absolute Gasteiger partial charge is 0.441 e. The second kappa shape index (κ2) is 6.06. The topological polar surface area (TPSA) is 76.4 Å². The van der Waals surface area contributed by atoms with Gasteiger partial charge < -0.3 is 19.8 Å². The van der Waals surface area contributed by atoms with E-state index < -0.39 is 5.41 Å². The van der Waals surface area contributed by atoms with Crippen molar-refractivity contribution in [1.82, 2.24) is 10.3 Å². The first-order chi connectivity index (χ1) is 10.7. The molecule has 6 heteroatoms. The number of rotatable bonds is 5. The predicted octanol–water partition coefficient (Wildman–Crippen LogP) is 1.95. The second-order valence-corrected chi connectivity index (χ2v) is 5.74. The van der Waals surface area contributed by atoms with Crippen molar-refractivity contribution in [1.29, 1.82) is 0 Å². The molecule has 1 saturated heterocycles. The molecule has 0 radical (unpaired) electrons. The van der Waals surface area contributed by atoms with Gasteiger partial charge in [0, 0.05) is 25.8 Å². The smallest absolute Gasteiger partial charge is 0.234 e. The van der Waals surface area contributed by atoms with Gasteiger partial charge in [0.05, 0.1) is 12.0 Å². The number of amides is 1. The lowest BCUT2D eigenvalue weighted by atomic mass is 9.87. The number of hydrogen-bond acceptors (Lipinski definition) is 5. The molecule has 1 atom stereocenters. The molecular formula is C16H21N3O3. The van der Waals surface area contributed by atoms with Crippen LogP contribution in [0.25, 0.3) is 11.1 Å². The highest BCUT2D eigenvalue weighted by atomic mass is 16.5. The summed E-state index contributed by atoms with van der Waals surface area (Å²) in [5.74, 6) is 0.687. The number of nitrogens with one attached hydrogen (secondary N) is 2. The van der Waals surface area contributed by atoms with E-state index in [1.807, 2.05) is 25.1 Å². The highest BCUT2D eigenvalue weighted by Crippen LogP contribution is 2.28. The molecule has 2 N–H and O–H groups in total. The van der Waals surface area contributed by atoms with Crippen molar-refractivity contribution in [3.8, 4) is 0 Å². The third kappa shape index (κ3) is 2.71. The highest BCUT2D eigenvalue weighted by Gasteiger charge is 2.41. The lowest BCUT2D eigenvalue weighted by molar-refractivity contribution is -0.127. The zero-order valence-electron chi connectivity index (χ0n) is 12.9. The summed E-state index contributed by atoms with van der Waals surface area (Å²) < 4.78 is 10.8. The lowest BCUT2D eigenvalue weighted by Crippen LogP contribution is -2.41. The molecule has 118 valence electrons. The van der Waals surface area contributed by atoms with E-state index in [0.29, 0.717) is 19.0 Å². The number of carbonyl (C=O) groups is 1. The molecule has 6 nitrogen and oxygen atoms in total. The van der Waals surface area contributed by atoms with Gasteiger partial charge in [0.2, 0.25) is 5.91 Å². The molecule has 1 amide bonds. The van der Waals surface area contributed by atoms with Crippen LogP contribution in [0.1, 0.15) is 19.2 Å². The zero-order valence-corrected chi connectivity index (χ0v) is 12.9. The first kappa shape index (κ1) is 15.0. The van der Waals surface area contributed by atoms with Crippen molar-refractivity contribution in [2.24, 2.45) is 5.41 Å². The molecule has 1 aromatic carbocycles. The van der Waals surface area contributed by atoms with Crippen molar-refractivity contribution in [2.45, 2.75) is 19.8 Å². The van der Waals surface area contributed by atoms with E-state index in [9.17, 15) is 4.79 Å². The molecule has 2 aromatic rings. The van der Waals surface area contributed by atoms with Crippen LogP contribution in [-0.2, 0) is 16.0 Å². The number of nitrogens with zero attached hydrogens (tertiary/aromatic N) is 1. The second-order valence-electron chi connectivity index (χ2n) is 5.74. The number of hydrogen-bond donors (Lipinski definition) is 2. The van der Waals surface area contributed by atoms with Gasteiger partial charge in [-0.3, -0.25) is 4.79 Å². The van der Waals surface area contributed by atoms with Crippen molar-refractivity contribution in [3.05, 3.63) is 24.1 Å². The molecule has 1 unspecified atom stereocenters. The van der Waals surface area contributed by atoms with Crippen LogP contribution in [0.5, 0.6) is 0 Å². The molecule has 1 aliphatic rings. The lowest BCUT2D eigenvalue weighted by Gasteiger charge is -2.25. The fraction of sp³-hybridized carbons (Fsp3) is 0.500. The summed E-state index contributed by atoms with van der Waals surface area (Å²) in [6.45, 7) is 3.88. The molecule has 1 fully saturated rings. The van der Waals surface area contributed by atoms with Crippen LogP contribution in [0, 0.1) is 5.41 Å². The fourth-order valence-corrected chi connectivity index (χ4v) is 2.87. The van der Waals surface area contributed by atoms with Gasteiger partial charge in [0.25, 0.3) is 0 Å². The molecule has 0 aliphatic carbocycles.